The second-order valence-electron chi connectivity index (χ2n) is 5.30. The van der Waals surface area contributed by atoms with Gasteiger partial charge in [-0.15, -0.1) is 0 Å². The van der Waals surface area contributed by atoms with Gasteiger partial charge in [0.1, 0.15) is 0 Å². The fourth-order valence-electron chi connectivity index (χ4n) is 1.55. The van der Waals surface area contributed by atoms with Crippen molar-refractivity contribution in [1.29, 1.82) is 0 Å². The van der Waals surface area contributed by atoms with Gasteiger partial charge < -0.3 is 15.2 Å². The highest BCUT2D eigenvalue weighted by Crippen LogP contribution is 2.31. The summed E-state index contributed by atoms with van der Waals surface area (Å²) in [6, 6.07) is -0.0114. The van der Waals surface area contributed by atoms with Crippen molar-refractivity contribution in [3.63, 3.8) is 0 Å². The molecule has 5 nitrogen and oxygen atoms in total. The third-order valence-corrected chi connectivity index (χ3v) is 3.45. The Morgan fingerprint density at radius 2 is 1.89 bits per heavy atom. The number of carboxylic acid groups (broad SMARTS) is 1. The van der Waals surface area contributed by atoms with E-state index in [4.69, 9.17) is 4.74 Å². The standard InChI is InChI=1S/C13H25NO4/c1-9(2)13(4,12(16)17)8-11(15)14-10(3)6-7-18-5/h9-10H,6-8H2,1-5H3,(H,14,15)(H,16,17). The number of aliphatic carboxylic acids is 1. The fraction of sp³-hybridized carbons (Fsp3) is 0.846. The van der Waals surface area contributed by atoms with E-state index in [1.165, 1.54) is 0 Å². The number of carboxylic acids is 1. The molecule has 0 aromatic rings. The zero-order chi connectivity index (χ0) is 14.3. The van der Waals surface area contributed by atoms with Gasteiger partial charge in [-0.2, -0.15) is 0 Å². The summed E-state index contributed by atoms with van der Waals surface area (Å²) in [5.41, 5.74) is -1.02. The summed E-state index contributed by atoms with van der Waals surface area (Å²) in [7, 11) is 1.61. The average Bonchev–Trinajstić information content (AvgIpc) is 2.25. The van der Waals surface area contributed by atoms with Crippen molar-refractivity contribution in [3.8, 4) is 0 Å². The molecule has 0 heterocycles. The Labute approximate surface area is 109 Å². The van der Waals surface area contributed by atoms with E-state index < -0.39 is 11.4 Å². The predicted molar refractivity (Wildman–Crippen MR) is 69.3 cm³/mol. The van der Waals surface area contributed by atoms with Crippen LogP contribution in [0.3, 0.4) is 0 Å². The van der Waals surface area contributed by atoms with E-state index in [0.717, 1.165) is 0 Å². The van der Waals surface area contributed by atoms with Crippen molar-refractivity contribution in [3.05, 3.63) is 0 Å². The van der Waals surface area contributed by atoms with Gasteiger partial charge in [0.05, 0.1) is 5.41 Å². The third kappa shape index (κ3) is 5.04. The van der Waals surface area contributed by atoms with Gasteiger partial charge in [-0.05, 0) is 26.2 Å². The van der Waals surface area contributed by atoms with Crippen LogP contribution < -0.4 is 5.32 Å². The number of rotatable bonds is 8. The van der Waals surface area contributed by atoms with Crippen LogP contribution >= 0.6 is 0 Å². The summed E-state index contributed by atoms with van der Waals surface area (Å²) < 4.78 is 4.93. The van der Waals surface area contributed by atoms with Gasteiger partial charge in [-0.25, -0.2) is 0 Å². The van der Waals surface area contributed by atoms with Crippen molar-refractivity contribution in [2.24, 2.45) is 11.3 Å². The molecule has 0 spiro atoms. The molecule has 2 N–H and O–H groups in total. The lowest BCUT2D eigenvalue weighted by atomic mass is 9.76. The van der Waals surface area contributed by atoms with Gasteiger partial charge in [0.2, 0.25) is 5.91 Å². The lowest BCUT2D eigenvalue weighted by Crippen LogP contribution is -2.41. The zero-order valence-corrected chi connectivity index (χ0v) is 11.9. The van der Waals surface area contributed by atoms with E-state index in [1.807, 2.05) is 20.8 Å². The van der Waals surface area contributed by atoms with Crippen molar-refractivity contribution < 1.29 is 19.4 Å². The predicted octanol–water partition coefficient (Wildman–Crippen LogP) is 1.66. The van der Waals surface area contributed by atoms with Crippen LogP contribution in [0.1, 0.15) is 40.5 Å². The molecule has 0 rings (SSSR count). The average molecular weight is 259 g/mol. The quantitative estimate of drug-likeness (QED) is 0.695. The second-order valence-corrected chi connectivity index (χ2v) is 5.30. The van der Waals surface area contributed by atoms with E-state index in [2.05, 4.69) is 5.32 Å². The Kier molecular flexibility index (Phi) is 6.91. The SMILES string of the molecule is COCCC(C)NC(=O)CC(C)(C(=O)O)C(C)C. The monoisotopic (exact) mass is 259 g/mol. The van der Waals surface area contributed by atoms with Crippen LogP contribution in [0.4, 0.5) is 0 Å². The van der Waals surface area contributed by atoms with Crippen molar-refractivity contribution in [1.82, 2.24) is 5.32 Å². The van der Waals surface area contributed by atoms with E-state index in [9.17, 15) is 14.7 Å². The highest BCUT2D eigenvalue weighted by atomic mass is 16.5. The molecule has 1 amide bonds. The van der Waals surface area contributed by atoms with E-state index >= 15 is 0 Å². The molecule has 0 saturated heterocycles. The Morgan fingerprint density at radius 3 is 2.28 bits per heavy atom. The molecule has 0 aliphatic rings. The molecule has 0 aromatic carbocycles. The van der Waals surface area contributed by atoms with Crippen LogP contribution in [0.15, 0.2) is 0 Å². The van der Waals surface area contributed by atoms with Crippen molar-refractivity contribution in [2.45, 2.75) is 46.6 Å². The highest BCUT2D eigenvalue weighted by Gasteiger charge is 2.38. The molecule has 18 heavy (non-hydrogen) atoms. The summed E-state index contributed by atoms with van der Waals surface area (Å²) >= 11 is 0. The minimum atomic E-state index is -1.02. The minimum absolute atomic E-state index is 0.00266. The smallest absolute Gasteiger partial charge is 0.310 e. The molecule has 0 saturated carbocycles. The number of hydrogen-bond acceptors (Lipinski definition) is 3. The van der Waals surface area contributed by atoms with Gasteiger partial charge in [-0.1, -0.05) is 13.8 Å². The Balaban J connectivity index is 4.40. The van der Waals surface area contributed by atoms with Crippen LogP contribution in [-0.4, -0.2) is 36.7 Å². The van der Waals surface area contributed by atoms with Gasteiger partial charge in [0, 0.05) is 26.2 Å². The number of ether oxygens (including phenoxy) is 1. The largest absolute Gasteiger partial charge is 0.481 e. The molecular formula is C13H25NO4. The molecule has 0 aliphatic heterocycles. The number of methoxy groups -OCH3 is 1. The number of carbonyl (C=O) groups excluding carboxylic acids is 1. The summed E-state index contributed by atoms with van der Waals surface area (Å²) in [4.78, 5) is 23.1. The number of carbonyl (C=O) groups is 2. The van der Waals surface area contributed by atoms with Gasteiger partial charge in [-0.3, -0.25) is 9.59 Å². The molecule has 2 unspecified atom stereocenters. The van der Waals surface area contributed by atoms with E-state index in [0.29, 0.717) is 13.0 Å². The summed E-state index contributed by atoms with van der Waals surface area (Å²) in [6.45, 7) is 7.69. The first-order valence-corrected chi connectivity index (χ1v) is 6.25. The molecule has 0 fully saturated rings. The van der Waals surface area contributed by atoms with Crippen LogP contribution in [0.25, 0.3) is 0 Å². The van der Waals surface area contributed by atoms with Crippen molar-refractivity contribution >= 4 is 11.9 Å². The maximum Gasteiger partial charge on any atom is 0.310 e. The van der Waals surface area contributed by atoms with Crippen LogP contribution in [-0.2, 0) is 14.3 Å². The lowest BCUT2D eigenvalue weighted by molar-refractivity contribution is -0.153. The molecule has 0 aromatic heterocycles. The molecule has 106 valence electrons. The van der Waals surface area contributed by atoms with Crippen LogP contribution in [0, 0.1) is 11.3 Å². The summed E-state index contributed by atoms with van der Waals surface area (Å²) in [6.07, 6.45) is 0.713. The first-order chi connectivity index (χ1) is 8.24. The van der Waals surface area contributed by atoms with Crippen LogP contribution in [0.2, 0.25) is 0 Å². The molecule has 2 atom stereocenters. The maximum absolute atomic E-state index is 11.8. The second kappa shape index (κ2) is 7.36. The Hall–Kier alpha value is -1.10. The maximum atomic E-state index is 11.8. The summed E-state index contributed by atoms with van der Waals surface area (Å²) in [5, 5.41) is 12.0. The lowest BCUT2D eigenvalue weighted by Gasteiger charge is -2.29. The van der Waals surface area contributed by atoms with E-state index in [-0.39, 0.29) is 24.3 Å². The van der Waals surface area contributed by atoms with Crippen LogP contribution in [0.5, 0.6) is 0 Å². The minimum Gasteiger partial charge on any atom is -0.481 e. The molecule has 0 bridgehead atoms. The van der Waals surface area contributed by atoms with E-state index in [1.54, 1.807) is 14.0 Å². The number of amides is 1. The first kappa shape index (κ1) is 16.9. The summed E-state index contributed by atoms with van der Waals surface area (Å²) in [5.74, 6) is -1.26. The molecule has 5 heteroatoms. The first-order valence-electron chi connectivity index (χ1n) is 6.25. The van der Waals surface area contributed by atoms with Gasteiger partial charge in [0.25, 0.3) is 0 Å². The normalized spacial score (nSPS) is 16.1. The van der Waals surface area contributed by atoms with Gasteiger partial charge >= 0.3 is 5.97 Å². The molecule has 0 radical (unpaired) electrons. The Morgan fingerprint density at radius 1 is 1.33 bits per heavy atom. The Bertz CT molecular complexity index is 291. The topological polar surface area (TPSA) is 75.6 Å². The number of hydrogen-bond donors (Lipinski definition) is 2. The highest BCUT2D eigenvalue weighted by molar-refractivity contribution is 5.85. The van der Waals surface area contributed by atoms with Gasteiger partial charge in [0.15, 0.2) is 0 Å². The fourth-order valence-corrected chi connectivity index (χ4v) is 1.55. The van der Waals surface area contributed by atoms with Crippen molar-refractivity contribution in [2.75, 3.05) is 13.7 Å². The molecule has 0 aliphatic carbocycles. The molecular weight excluding hydrogens is 234 g/mol. The number of nitrogens with one attached hydrogen (secondary N) is 1. The zero-order valence-electron chi connectivity index (χ0n) is 11.9. The third-order valence-electron chi connectivity index (χ3n) is 3.45.